The summed E-state index contributed by atoms with van der Waals surface area (Å²) in [6.45, 7) is 4.64. The molecule has 0 bridgehead atoms. The number of nitrogens with zero attached hydrogens (tertiary/aromatic N) is 3. The lowest BCUT2D eigenvalue weighted by Gasteiger charge is -2.32. The molecule has 0 spiro atoms. The number of amides is 2. The Hall–Kier alpha value is -2.83. The smallest absolute Gasteiger partial charge is 0.267 e. The first kappa shape index (κ1) is 17.0. The van der Waals surface area contributed by atoms with Gasteiger partial charge in [0.25, 0.3) is 5.91 Å². The average molecular weight is 342 g/mol. The van der Waals surface area contributed by atoms with Crippen molar-refractivity contribution in [1.29, 1.82) is 0 Å². The van der Waals surface area contributed by atoms with Crippen molar-refractivity contribution in [2.45, 2.75) is 39.0 Å². The Bertz CT molecular complexity index is 745. The van der Waals surface area contributed by atoms with Crippen LogP contribution in [0.25, 0.3) is 0 Å². The van der Waals surface area contributed by atoms with E-state index < -0.39 is 6.10 Å². The van der Waals surface area contributed by atoms with Gasteiger partial charge in [-0.2, -0.15) is 0 Å². The number of nitrogens with one attached hydrogen (secondary N) is 1. The molecule has 0 saturated heterocycles. The van der Waals surface area contributed by atoms with E-state index in [4.69, 9.17) is 4.74 Å². The zero-order valence-corrected chi connectivity index (χ0v) is 14.4. The van der Waals surface area contributed by atoms with Crippen LogP contribution in [-0.2, 0) is 16.1 Å². The summed E-state index contributed by atoms with van der Waals surface area (Å²) in [4.78, 5) is 30.2. The molecule has 1 aromatic carbocycles. The van der Waals surface area contributed by atoms with Crippen molar-refractivity contribution in [2.24, 2.45) is 0 Å². The van der Waals surface area contributed by atoms with E-state index >= 15 is 0 Å². The fourth-order valence-electron chi connectivity index (χ4n) is 2.91. The molecule has 0 fully saturated rings. The fraction of sp³-hybridized carbons (Fsp3) is 0.389. The number of benzene rings is 1. The van der Waals surface area contributed by atoms with Crippen LogP contribution in [0.15, 0.2) is 43.0 Å². The predicted octanol–water partition coefficient (Wildman–Crippen LogP) is 1.59. The molecule has 7 heteroatoms. The minimum atomic E-state index is -0.543. The van der Waals surface area contributed by atoms with E-state index in [0.717, 1.165) is 0 Å². The molecule has 2 atom stereocenters. The predicted molar refractivity (Wildman–Crippen MR) is 93.3 cm³/mol. The number of carbonyl (C=O) groups excluding carboxylic acids is 2. The number of para-hydroxylation sites is 2. The van der Waals surface area contributed by atoms with Gasteiger partial charge in [0, 0.05) is 37.9 Å². The zero-order valence-electron chi connectivity index (χ0n) is 14.4. The maximum atomic E-state index is 12.4. The SMILES string of the molecule is C[C@H](Cn1ccnc1)NC(=O)CCN1C(=O)[C@@H](C)Oc2ccccc21. The van der Waals surface area contributed by atoms with Crippen LogP contribution in [0.1, 0.15) is 20.3 Å². The third kappa shape index (κ3) is 3.99. The van der Waals surface area contributed by atoms with E-state index in [1.807, 2.05) is 42.0 Å². The first-order valence-electron chi connectivity index (χ1n) is 8.37. The Kier molecular flexibility index (Phi) is 5.02. The molecule has 25 heavy (non-hydrogen) atoms. The van der Waals surface area contributed by atoms with E-state index in [9.17, 15) is 9.59 Å². The van der Waals surface area contributed by atoms with Crippen molar-refractivity contribution in [3.8, 4) is 5.75 Å². The van der Waals surface area contributed by atoms with Crippen LogP contribution >= 0.6 is 0 Å². The van der Waals surface area contributed by atoms with Crippen LogP contribution in [-0.4, -0.2) is 40.1 Å². The maximum Gasteiger partial charge on any atom is 0.267 e. The monoisotopic (exact) mass is 342 g/mol. The molecule has 1 aromatic heterocycles. The third-order valence-electron chi connectivity index (χ3n) is 4.09. The third-order valence-corrected chi connectivity index (χ3v) is 4.09. The van der Waals surface area contributed by atoms with Crippen molar-refractivity contribution >= 4 is 17.5 Å². The summed E-state index contributed by atoms with van der Waals surface area (Å²) in [5.41, 5.74) is 0.713. The highest BCUT2D eigenvalue weighted by Gasteiger charge is 2.31. The standard InChI is InChI=1S/C18H22N4O3/c1-13(11-21-10-8-19-12-21)20-17(23)7-9-22-15-5-3-4-6-16(15)25-14(2)18(22)24/h3-6,8,10,12-14H,7,9,11H2,1-2H3,(H,20,23)/t13-,14-/m1/s1. The number of hydrogen-bond acceptors (Lipinski definition) is 4. The van der Waals surface area contributed by atoms with Gasteiger partial charge in [-0.1, -0.05) is 12.1 Å². The Balaban J connectivity index is 1.57. The summed E-state index contributed by atoms with van der Waals surface area (Å²) in [6.07, 6.45) is 4.97. The number of ether oxygens (including phenoxy) is 1. The van der Waals surface area contributed by atoms with E-state index in [1.54, 1.807) is 24.3 Å². The van der Waals surface area contributed by atoms with Crippen molar-refractivity contribution in [2.75, 3.05) is 11.4 Å². The van der Waals surface area contributed by atoms with E-state index in [1.165, 1.54) is 0 Å². The van der Waals surface area contributed by atoms with Gasteiger partial charge in [0.2, 0.25) is 5.91 Å². The van der Waals surface area contributed by atoms with Gasteiger partial charge < -0.3 is 19.5 Å². The summed E-state index contributed by atoms with van der Waals surface area (Å²) in [7, 11) is 0. The van der Waals surface area contributed by atoms with Gasteiger partial charge in [-0.3, -0.25) is 9.59 Å². The second-order valence-electron chi connectivity index (χ2n) is 6.20. The Labute approximate surface area is 146 Å². The van der Waals surface area contributed by atoms with Gasteiger partial charge in [0.05, 0.1) is 12.0 Å². The summed E-state index contributed by atoms with van der Waals surface area (Å²) >= 11 is 0. The number of carbonyl (C=O) groups is 2. The zero-order chi connectivity index (χ0) is 17.8. The Morgan fingerprint density at radius 1 is 1.40 bits per heavy atom. The number of fused-ring (bicyclic) bond motifs is 1. The molecule has 7 nitrogen and oxygen atoms in total. The number of rotatable bonds is 6. The lowest BCUT2D eigenvalue weighted by molar-refractivity contribution is -0.125. The number of anilines is 1. The molecule has 1 N–H and O–H groups in total. The normalized spacial score (nSPS) is 17.6. The van der Waals surface area contributed by atoms with Gasteiger partial charge in [-0.05, 0) is 26.0 Å². The first-order valence-corrected chi connectivity index (χ1v) is 8.37. The molecule has 1 aliphatic rings. The quantitative estimate of drug-likeness (QED) is 0.865. The van der Waals surface area contributed by atoms with Crippen LogP contribution in [0, 0.1) is 0 Å². The van der Waals surface area contributed by atoms with Crippen molar-refractivity contribution < 1.29 is 14.3 Å². The van der Waals surface area contributed by atoms with Crippen LogP contribution < -0.4 is 15.0 Å². The summed E-state index contributed by atoms with van der Waals surface area (Å²) in [5.74, 6) is 0.457. The molecule has 2 amide bonds. The van der Waals surface area contributed by atoms with Crippen molar-refractivity contribution in [3.63, 3.8) is 0 Å². The number of aromatic nitrogens is 2. The van der Waals surface area contributed by atoms with Crippen LogP contribution in [0.5, 0.6) is 5.75 Å². The molecule has 132 valence electrons. The van der Waals surface area contributed by atoms with Gasteiger partial charge in [-0.25, -0.2) is 4.98 Å². The molecular formula is C18H22N4O3. The molecule has 2 aromatic rings. The highest BCUT2D eigenvalue weighted by Crippen LogP contribution is 2.33. The summed E-state index contributed by atoms with van der Waals surface area (Å²) in [6, 6.07) is 7.36. The minimum Gasteiger partial charge on any atom is -0.479 e. The number of imidazole rings is 1. The molecule has 0 radical (unpaired) electrons. The highest BCUT2D eigenvalue weighted by atomic mass is 16.5. The van der Waals surface area contributed by atoms with Crippen molar-refractivity contribution in [3.05, 3.63) is 43.0 Å². The van der Waals surface area contributed by atoms with Gasteiger partial charge in [0.1, 0.15) is 5.75 Å². The molecular weight excluding hydrogens is 320 g/mol. The Morgan fingerprint density at radius 2 is 2.20 bits per heavy atom. The molecule has 0 saturated carbocycles. The topological polar surface area (TPSA) is 76.5 Å². The lowest BCUT2D eigenvalue weighted by Crippen LogP contribution is -2.46. The van der Waals surface area contributed by atoms with E-state index in [0.29, 0.717) is 24.5 Å². The maximum absolute atomic E-state index is 12.4. The second-order valence-corrected chi connectivity index (χ2v) is 6.20. The van der Waals surface area contributed by atoms with Gasteiger partial charge in [0.15, 0.2) is 6.10 Å². The lowest BCUT2D eigenvalue weighted by atomic mass is 10.1. The van der Waals surface area contributed by atoms with Crippen molar-refractivity contribution in [1.82, 2.24) is 14.9 Å². The second kappa shape index (κ2) is 7.38. The van der Waals surface area contributed by atoms with Gasteiger partial charge in [-0.15, -0.1) is 0 Å². The largest absolute Gasteiger partial charge is 0.479 e. The van der Waals surface area contributed by atoms with E-state index in [-0.39, 0.29) is 24.3 Å². The van der Waals surface area contributed by atoms with Gasteiger partial charge >= 0.3 is 0 Å². The molecule has 1 aliphatic heterocycles. The minimum absolute atomic E-state index is 0.0201. The van der Waals surface area contributed by atoms with E-state index in [2.05, 4.69) is 10.3 Å². The molecule has 0 unspecified atom stereocenters. The van der Waals surface area contributed by atoms with Crippen LogP contribution in [0.3, 0.4) is 0 Å². The van der Waals surface area contributed by atoms with Crippen LogP contribution in [0.4, 0.5) is 5.69 Å². The molecule has 0 aliphatic carbocycles. The summed E-state index contributed by atoms with van der Waals surface area (Å²) in [5, 5.41) is 2.95. The molecule has 2 heterocycles. The average Bonchev–Trinajstić information content (AvgIpc) is 3.08. The first-order chi connectivity index (χ1) is 12.0. The van der Waals surface area contributed by atoms with Crippen LogP contribution in [0.2, 0.25) is 0 Å². The Morgan fingerprint density at radius 3 is 2.96 bits per heavy atom. The fourth-order valence-corrected chi connectivity index (χ4v) is 2.91. The summed E-state index contributed by atoms with van der Waals surface area (Å²) < 4.78 is 7.52. The highest BCUT2D eigenvalue weighted by molar-refractivity contribution is 6.00. The number of hydrogen-bond donors (Lipinski definition) is 1. The molecule has 3 rings (SSSR count).